The Bertz CT molecular complexity index is 609. The van der Waals surface area contributed by atoms with E-state index in [1.807, 2.05) is 62.4 Å². The summed E-state index contributed by atoms with van der Waals surface area (Å²) in [5, 5.41) is 11.9. The molecule has 0 heterocycles. The lowest BCUT2D eigenvalue weighted by atomic mass is 10.1. The smallest absolute Gasteiger partial charge is 0.173 e. The topological polar surface area (TPSA) is 67.8 Å². The second-order valence-electron chi connectivity index (χ2n) is 4.66. The molecule has 0 aliphatic rings. The average molecular weight is 270 g/mol. The van der Waals surface area contributed by atoms with E-state index >= 15 is 0 Å². The molecule has 0 aliphatic carbocycles. The molecule has 2 aromatic rings. The first kappa shape index (κ1) is 13.9. The summed E-state index contributed by atoms with van der Waals surface area (Å²) in [6.07, 6.45) is -0.121. The van der Waals surface area contributed by atoms with Crippen LogP contribution in [0, 0.1) is 6.92 Å². The highest BCUT2D eigenvalue weighted by molar-refractivity contribution is 5.99. The molecule has 4 heteroatoms. The second-order valence-corrected chi connectivity index (χ2v) is 4.66. The summed E-state index contributed by atoms with van der Waals surface area (Å²) >= 11 is 0. The number of ether oxygens (including phenoxy) is 1. The number of aryl methyl sites for hydroxylation is 1. The first-order valence-corrected chi connectivity index (χ1v) is 6.42. The molecule has 0 spiro atoms. The maximum absolute atomic E-state index is 8.86. The first-order valence-electron chi connectivity index (χ1n) is 6.42. The Hall–Kier alpha value is -2.49. The molecule has 3 N–H and O–H groups in total. The van der Waals surface area contributed by atoms with Gasteiger partial charge in [-0.25, -0.2) is 0 Å². The van der Waals surface area contributed by atoms with Gasteiger partial charge in [-0.1, -0.05) is 47.1 Å². The minimum absolute atomic E-state index is 0.0453. The number of benzene rings is 2. The molecule has 0 amide bonds. The van der Waals surface area contributed by atoms with Crippen molar-refractivity contribution in [2.75, 3.05) is 0 Å². The third-order valence-corrected chi connectivity index (χ3v) is 3.09. The number of oxime groups is 1. The van der Waals surface area contributed by atoms with E-state index in [9.17, 15) is 0 Å². The van der Waals surface area contributed by atoms with E-state index in [4.69, 9.17) is 15.7 Å². The van der Waals surface area contributed by atoms with E-state index in [0.717, 1.165) is 11.1 Å². The van der Waals surface area contributed by atoms with Crippen molar-refractivity contribution >= 4 is 5.84 Å². The van der Waals surface area contributed by atoms with Crippen LogP contribution in [0.5, 0.6) is 5.75 Å². The van der Waals surface area contributed by atoms with E-state index in [2.05, 4.69) is 5.16 Å². The van der Waals surface area contributed by atoms with Crippen molar-refractivity contribution in [1.82, 2.24) is 0 Å². The van der Waals surface area contributed by atoms with Gasteiger partial charge < -0.3 is 15.7 Å². The van der Waals surface area contributed by atoms with E-state index in [-0.39, 0.29) is 11.9 Å². The fourth-order valence-electron chi connectivity index (χ4n) is 1.98. The van der Waals surface area contributed by atoms with E-state index < -0.39 is 0 Å². The van der Waals surface area contributed by atoms with Gasteiger partial charge in [0, 0.05) is 0 Å². The van der Waals surface area contributed by atoms with Gasteiger partial charge in [-0.05, 0) is 31.5 Å². The van der Waals surface area contributed by atoms with Gasteiger partial charge in [-0.3, -0.25) is 0 Å². The maximum Gasteiger partial charge on any atom is 0.173 e. The van der Waals surface area contributed by atoms with E-state index in [0.29, 0.717) is 11.3 Å². The lowest BCUT2D eigenvalue weighted by molar-refractivity contribution is 0.226. The van der Waals surface area contributed by atoms with Crippen molar-refractivity contribution in [2.45, 2.75) is 20.0 Å². The molecule has 0 saturated carbocycles. The largest absolute Gasteiger partial charge is 0.485 e. The van der Waals surface area contributed by atoms with Gasteiger partial charge in [-0.2, -0.15) is 0 Å². The van der Waals surface area contributed by atoms with Crippen LogP contribution < -0.4 is 10.5 Å². The van der Waals surface area contributed by atoms with Crippen LogP contribution in [0.1, 0.15) is 29.7 Å². The quantitative estimate of drug-likeness (QED) is 0.388. The summed E-state index contributed by atoms with van der Waals surface area (Å²) in [4.78, 5) is 0. The fourth-order valence-corrected chi connectivity index (χ4v) is 1.98. The van der Waals surface area contributed by atoms with E-state index in [1.165, 1.54) is 0 Å². The summed E-state index contributed by atoms with van der Waals surface area (Å²) in [6.45, 7) is 3.91. The molecule has 0 saturated heterocycles. The molecular formula is C16H18N2O2. The highest BCUT2D eigenvalue weighted by atomic mass is 16.5. The van der Waals surface area contributed by atoms with Crippen molar-refractivity contribution in [1.29, 1.82) is 0 Å². The number of nitrogens with two attached hydrogens (primary N) is 1. The van der Waals surface area contributed by atoms with E-state index in [1.54, 1.807) is 0 Å². The predicted molar refractivity (Wildman–Crippen MR) is 79.2 cm³/mol. The van der Waals surface area contributed by atoms with Gasteiger partial charge in [0.25, 0.3) is 0 Å². The average Bonchev–Trinajstić information content (AvgIpc) is 2.49. The molecule has 0 radical (unpaired) electrons. The van der Waals surface area contributed by atoms with Crippen molar-refractivity contribution in [3.05, 3.63) is 65.2 Å². The molecule has 0 bridgehead atoms. The minimum Gasteiger partial charge on any atom is -0.485 e. The number of rotatable bonds is 4. The zero-order valence-corrected chi connectivity index (χ0v) is 11.6. The number of hydrogen-bond donors (Lipinski definition) is 2. The summed E-state index contributed by atoms with van der Waals surface area (Å²) in [6, 6.07) is 15.5. The molecule has 4 nitrogen and oxygen atoms in total. The zero-order chi connectivity index (χ0) is 14.5. The first-order chi connectivity index (χ1) is 9.61. The highest BCUT2D eigenvalue weighted by Crippen LogP contribution is 2.26. The fraction of sp³-hybridized carbons (Fsp3) is 0.188. The maximum atomic E-state index is 8.86. The van der Waals surface area contributed by atoms with Crippen LogP contribution in [0.15, 0.2) is 53.7 Å². The highest BCUT2D eigenvalue weighted by Gasteiger charge is 2.13. The Morgan fingerprint density at radius 2 is 1.90 bits per heavy atom. The van der Waals surface area contributed by atoms with Gasteiger partial charge >= 0.3 is 0 Å². The molecule has 1 unspecified atom stereocenters. The Labute approximate surface area is 118 Å². The molecule has 1 atom stereocenters. The SMILES string of the molecule is Cc1ccc(OC(C)c2ccccc2)c(/C(N)=N/O)c1. The van der Waals surface area contributed by atoms with Crippen molar-refractivity contribution < 1.29 is 9.94 Å². The van der Waals surface area contributed by atoms with Crippen molar-refractivity contribution in [2.24, 2.45) is 10.9 Å². The van der Waals surface area contributed by atoms with Crippen molar-refractivity contribution in [3.8, 4) is 5.75 Å². The lowest BCUT2D eigenvalue weighted by Crippen LogP contribution is -2.16. The summed E-state index contributed by atoms with van der Waals surface area (Å²) < 4.78 is 5.94. The molecule has 0 fully saturated rings. The number of hydrogen-bond acceptors (Lipinski definition) is 3. The standard InChI is InChI=1S/C16H18N2O2/c1-11-8-9-15(14(10-11)16(17)18-19)20-12(2)13-6-4-3-5-7-13/h3-10,12,19H,1-2H3,(H2,17,18). The van der Waals surface area contributed by atoms with Crippen LogP contribution in [0.25, 0.3) is 0 Å². The van der Waals surface area contributed by atoms with Crippen LogP contribution in [-0.4, -0.2) is 11.0 Å². The predicted octanol–water partition coefficient (Wildman–Crippen LogP) is 3.23. The van der Waals surface area contributed by atoms with Gasteiger partial charge in [-0.15, -0.1) is 0 Å². The second kappa shape index (κ2) is 6.10. The summed E-state index contributed by atoms with van der Waals surface area (Å²) in [5.74, 6) is 0.645. The molecule has 2 aromatic carbocycles. The molecule has 0 aliphatic heterocycles. The van der Waals surface area contributed by atoms with Crippen LogP contribution >= 0.6 is 0 Å². The summed E-state index contributed by atoms with van der Waals surface area (Å²) in [5.41, 5.74) is 8.38. The molecular weight excluding hydrogens is 252 g/mol. The number of amidine groups is 1. The van der Waals surface area contributed by atoms with Gasteiger partial charge in [0.05, 0.1) is 5.56 Å². The van der Waals surface area contributed by atoms with Crippen LogP contribution in [-0.2, 0) is 0 Å². The molecule has 0 aromatic heterocycles. The Morgan fingerprint density at radius 3 is 2.55 bits per heavy atom. The molecule has 20 heavy (non-hydrogen) atoms. The Morgan fingerprint density at radius 1 is 1.20 bits per heavy atom. The number of nitrogens with zero attached hydrogens (tertiary/aromatic N) is 1. The Kier molecular flexibility index (Phi) is 4.25. The normalized spacial score (nSPS) is 13.0. The summed E-state index contributed by atoms with van der Waals surface area (Å²) in [7, 11) is 0. The molecule has 104 valence electrons. The minimum atomic E-state index is -0.121. The Balaban J connectivity index is 2.30. The molecule has 2 rings (SSSR count). The van der Waals surface area contributed by atoms with Crippen molar-refractivity contribution in [3.63, 3.8) is 0 Å². The van der Waals surface area contributed by atoms with Crippen LogP contribution in [0.3, 0.4) is 0 Å². The van der Waals surface area contributed by atoms with Gasteiger partial charge in [0.2, 0.25) is 0 Å². The lowest BCUT2D eigenvalue weighted by Gasteiger charge is -2.17. The zero-order valence-electron chi connectivity index (χ0n) is 11.6. The van der Waals surface area contributed by atoms with Crippen LogP contribution in [0.4, 0.5) is 0 Å². The third-order valence-electron chi connectivity index (χ3n) is 3.09. The monoisotopic (exact) mass is 270 g/mol. The van der Waals surface area contributed by atoms with Gasteiger partial charge in [0.1, 0.15) is 11.9 Å². The third kappa shape index (κ3) is 3.09. The van der Waals surface area contributed by atoms with Crippen LogP contribution in [0.2, 0.25) is 0 Å². The van der Waals surface area contributed by atoms with Gasteiger partial charge in [0.15, 0.2) is 5.84 Å².